The standard InChI is InChI=1S/C15H22N6OS/c1-12-13(9-14(10-16)20(12)2)11-18-19-15(23)17-3-4-21-5-7-22-8-6-21/h9,11H,3-8H2,1-2H3,(H2,17,19,23)/p+1/b18-11-. The number of morpholine rings is 1. The van der Waals surface area contributed by atoms with E-state index < -0.39 is 0 Å². The van der Waals surface area contributed by atoms with Gasteiger partial charge in [-0.2, -0.15) is 10.4 Å². The Morgan fingerprint density at radius 1 is 1.57 bits per heavy atom. The summed E-state index contributed by atoms with van der Waals surface area (Å²) in [5.41, 5.74) is 5.30. The number of rotatable bonds is 5. The van der Waals surface area contributed by atoms with Crippen molar-refractivity contribution in [3.8, 4) is 6.07 Å². The quantitative estimate of drug-likeness (QED) is 0.362. The van der Waals surface area contributed by atoms with Crippen molar-refractivity contribution in [1.82, 2.24) is 15.3 Å². The van der Waals surface area contributed by atoms with Gasteiger partial charge < -0.3 is 19.5 Å². The van der Waals surface area contributed by atoms with Crippen molar-refractivity contribution in [2.45, 2.75) is 6.92 Å². The normalized spacial score (nSPS) is 15.5. The van der Waals surface area contributed by atoms with Gasteiger partial charge in [0.1, 0.15) is 24.9 Å². The molecule has 2 rings (SSSR count). The van der Waals surface area contributed by atoms with Gasteiger partial charge in [-0.1, -0.05) is 0 Å². The smallest absolute Gasteiger partial charge is 0.187 e. The molecule has 3 N–H and O–H groups in total. The Morgan fingerprint density at radius 2 is 2.30 bits per heavy atom. The molecule has 0 aliphatic carbocycles. The van der Waals surface area contributed by atoms with Crippen LogP contribution < -0.4 is 15.6 Å². The van der Waals surface area contributed by atoms with Crippen LogP contribution in [0.15, 0.2) is 11.2 Å². The van der Waals surface area contributed by atoms with E-state index in [9.17, 15) is 0 Å². The molecule has 1 aromatic heterocycles. The molecule has 1 aliphatic rings. The molecule has 0 aromatic carbocycles. The van der Waals surface area contributed by atoms with E-state index in [4.69, 9.17) is 22.2 Å². The third-order valence-corrected chi connectivity index (χ3v) is 4.26. The van der Waals surface area contributed by atoms with Crippen LogP contribution in [0.1, 0.15) is 17.0 Å². The van der Waals surface area contributed by atoms with Crippen molar-refractivity contribution >= 4 is 23.5 Å². The second-order valence-corrected chi connectivity index (χ2v) is 5.89. The summed E-state index contributed by atoms with van der Waals surface area (Å²) in [6, 6.07) is 3.95. The zero-order valence-corrected chi connectivity index (χ0v) is 14.4. The molecule has 8 heteroatoms. The Bertz CT molecular complexity index is 612. The average molecular weight is 335 g/mol. The van der Waals surface area contributed by atoms with Gasteiger partial charge in [-0.15, -0.1) is 0 Å². The van der Waals surface area contributed by atoms with Crippen molar-refractivity contribution in [2.24, 2.45) is 12.1 Å². The SMILES string of the molecule is Cc1c(/C=N\NC(=S)NCC[NH+]2CCOCC2)cc(C#N)n1C. The number of hydrogen-bond acceptors (Lipinski definition) is 4. The molecule has 0 bridgehead atoms. The Morgan fingerprint density at radius 3 is 2.96 bits per heavy atom. The van der Waals surface area contributed by atoms with Gasteiger partial charge in [0.25, 0.3) is 0 Å². The lowest BCUT2D eigenvalue weighted by atomic mass is 10.3. The van der Waals surface area contributed by atoms with Gasteiger partial charge in [-0.3, -0.25) is 5.43 Å². The van der Waals surface area contributed by atoms with Crippen LogP contribution in [0, 0.1) is 18.3 Å². The molecule has 0 unspecified atom stereocenters. The molecule has 0 saturated carbocycles. The van der Waals surface area contributed by atoms with Gasteiger partial charge in [0, 0.05) is 18.3 Å². The molecule has 1 saturated heterocycles. The fraction of sp³-hybridized carbons (Fsp3) is 0.533. The van der Waals surface area contributed by atoms with E-state index in [1.165, 1.54) is 4.90 Å². The van der Waals surface area contributed by atoms with Crippen LogP contribution in [0.3, 0.4) is 0 Å². The van der Waals surface area contributed by atoms with Gasteiger partial charge in [0.05, 0.1) is 32.5 Å². The molecule has 1 aliphatic heterocycles. The molecule has 23 heavy (non-hydrogen) atoms. The number of ether oxygens (including phenoxy) is 1. The molecular weight excluding hydrogens is 312 g/mol. The molecule has 2 heterocycles. The van der Waals surface area contributed by atoms with E-state index in [0.717, 1.165) is 50.7 Å². The fourth-order valence-electron chi connectivity index (χ4n) is 2.42. The lowest BCUT2D eigenvalue weighted by Gasteiger charge is -2.23. The van der Waals surface area contributed by atoms with Crippen LogP contribution in [0.2, 0.25) is 0 Å². The number of nitrogens with zero attached hydrogens (tertiary/aromatic N) is 3. The first-order chi connectivity index (χ1) is 11.1. The highest BCUT2D eigenvalue weighted by Gasteiger charge is 2.12. The molecule has 7 nitrogen and oxygen atoms in total. The molecular formula is C15H23N6OS+. The van der Waals surface area contributed by atoms with Crippen molar-refractivity contribution in [2.75, 3.05) is 39.4 Å². The van der Waals surface area contributed by atoms with E-state index in [2.05, 4.69) is 21.9 Å². The summed E-state index contributed by atoms with van der Waals surface area (Å²) in [4.78, 5) is 1.53. The molecule has 0 radical (unpaired) electrons. The summed E-state index contributed by atoms with van der Waals surface area (Å²) in [5, 5.41) is 16.8. The van der Waals surface area contributed by atoms with Crippen molar-refractivity contribution in [1.29, 1.82) is 5.26 Å². The number of nitrogens with one attached hydrogen (secondary N) is 3. The average Bonchev–Trinajstić information content (AvgIpc) is 2.84. The summed E-state index contributed by atoms with van der Waals surface area (Å²) >= 11 is 5.20. The van der Waals surface area contributed by atoms with Gasteiger partial charge in [-0.05, 0) is 25.2 Å². The number of thiocarbonyl (C=S) groups is 1. The first kappa shape index (κ1) is 17.4. The van der Waals surface area contributed by atoms with Gasteiger partial charge in [0.15, 0.2) is 5.11 Å². The lowest BCUT2D eigenvalue weighted by Crippen LogP contribution is -3.14. The number of aromatic nitrogens is 1. The first-order valence-electron chi connectivity index (χ1n) is 7.66. The monoisotopic (exact) mass is 335 g/mol. The van der Waals surface area contributed by atoms with Crippen LogP contribution in [0.5, 0.6) is 0 Å². The second-order valence-electron chi connectivity index (χ2n) is 5.48. The number of quaternary nitrogens is 1. The van der Waals surface area contributed by atoms with Crippen LogP contribution >= 0.6 is 12.2 Å². The Hall–Kier alpha value is -1.95. The maximum atomic E-state index is 9.00. The number of nitriles is 1. The summed E-state index contributed by atoms with van der Waals surface area (Å²) < 4.78 is 7.17. The van der Waals surface area contributed by atoms with Gasteiger partial charge in [0.2, 0.25) is 0 Å². The van der Waals surface area contributed by atoms with Crippen molar-refractivity contribution in [3.05, 3.63) is 23.0 Å². The molecule has 0 spiro atoms. The highest BCUT2D eigenvalue weighted by atomic mass is 32.1. The Balaban J connectivity index is 1.72. The zero-order valence-electron chi connectivity index (χ0n) is 13.6. The highest BCUT2D eigenvalue weighted by Crippen LogP contribution is 2.10. The van der Waals surface area contributed by atoms with Gasteiger partial charge in [-0.25, -0.2) is 0 Å². The maximum absolute atomic E-state index is 9.00. The summed E-state index contributed by atoms with van der Waals surface area (Å²) in [5.74, 6) is 0. The molecule has 0 amide bonds. The van der Waals surface area contributed by atoms with Crippen LogP contribution in [0.25, 0.3) is 0 Å². The van der Waals surface area contributed by atoms with Crippen molar-refractivity contribution in [3.63, 3.8) is 0 Å². The summed E-state index contributed by atoms with van der Waals surface area (Å²) in [7, 11) is 1.86. The van der Waals surface area contributed by atoms with Crippen LogP contribution in [0.4, 0.5) is 0 Å². The summed E-state index contributed by atoms with van der Waals surface area (Å²) in [6.45, 7) is 7.54. The molecule has 0 atom stereocenters. The van der Waals surface area contributed by atoms with E-state index in [1.807, 2.05) is 18.5 Å². The first-order valence-corrected chi connectivity index (χ1v) is 8.07. The van der Waals surface area contributed by atoms with Crippen LogP contribution in [-0.2, 0) is 11.8 Å². The third-order valence-electron chi connectivity index (χ3n) is 4.02. The van der Waals surface area contributed by atoms with Crippen molar-refractivity contribution < 1.29 is 9.64 Å². The van der Waals surface area contributed by atoms with E-state index >= 15 is 0 Å². The largest absolute Gasteiger partial charge is 0.370 e. The fourth-order valence-corrected chi connectivity index (χ4v) is 2.58. The molecule has 1 aromatic rings. The third kappa shape index (κ3) is 5.03. The predicted octanol–water partition coefficient (Wildman–Crippen LogP) is -1.08. The minimum Gasteiger partial charge on any atom is -0.370 e. The van der Waals surface area contributed by atoms with E-state index in [1.54, 1.807) is 12.3 Å². The second kappa shape index (κ2) is 8.62. The minimum absolute atomic E-state index is 0.503. The Kier molecular flexibility index (Phi) is 6.52. The van der Waals surface area contributed by atoms with E-state index in [0.29, 0.717) is 10.8 Å². The zero-order chi connectivity index (χ0) is 16.7. The Labute approximate surface area is 141 Å². The van der Waals surface area contributed by atoms with Crippen LogP contribution in [-0.4, -0.2) is 55.3 Å². The number of hydrazone groups is 1. The maximum Gasteiger partial charge on any atom is 0.187 e. The number of hydrogen-bond donors (Lipinski definition) is 3. The van der Waals surface area contributed by atoms with E-state index in [-0.39, 0.29) is 0 Å². The van der Waals surface area contributed by atoms with Gasteiger partial charge >= 0.3 is 0 Å². The summed E-state index contributed by atoms with van der Waals surface area (Å²) in [6.07, 6.45) is 1.68. The predicted molar refractivity (Wildman–Crippen MR) is 92.6 cm³/mol. The minimum atomic E-state index is 0.503. The topological polar surface area (TPSA) is 78.8 Å². The lowest BCUT2D eigenvalue weighted by molar-refractivity contribution is -0.906. The molecule has 124 valence electrons. The highest BCUT2D eigenvalue weighted by molar-refractivity contribution is 7.80. The molecule has 1 fully saturated rings.